The summed E-state index contributed by atoms with van der Waals surface area (Å²) in [5, 5.41) is 7.30. The highest BCUT2D eigenvalue weighted by Gasteiger charge is 2.31. The first kappa shape index (κ1) is 12.2. The number of piperazine rings is 1. The fourth-order valence-corrected chi connectivity index (χ4v) is 1.69. The quantitative estimate of drug-likeness (QED) is 0.556. The molecule has 7 heteroatoms. The van der Waals surface area contributed by atoms with Gasteiger partial charge in [-0.3, -0.25) is 14.4 Å². The van der Waals surface area contributed by atoms with E-state index in [-0.39, 0.29) is 12.5 Å². The van der Waals surface area contributed by atoms with E-state index >= 15 is 0 Å². The van der Waals surface area contributed by atoms with Gasteiger partial charge in [0.05, 0.1) is 13.1 Å². The Balaban J connectivity index is 1.93. The van der Waals surface area contributed by atoms with Crippen molar-refractivity contribution >= 4 is 17.7 Å². The number of aromatic nitrogens is 1. The lowest BCUT2D eigenvalue weighted by molar-refractivity contribution is -0.140. The number of nitrogens with one attached hydrogen (secondary N) is 3. The normalized spacial score (nSPS) is 19.1. The standard InChI is InChI=1S/C11H14N4O3/c1-15-4-2-3-7(15)5-12-10(17)9-11(18)13-6-8(16)14-9/h2-4,9H,5-6H2,1H3,(H,12,17)(H,13,18)(H,14,16)/t9-/m1/s1. The highest BCUT2D eigenvalue weighted by atomic mass is 16.2. The summed E-state index contributed by atoms with van der Waals surface area (Å²) in [4.78, 5) is 34.3. The highest BCUT2D eigenvalue weighted by molar-refractivity contribution is 6.09. The zero-order valence-corrected chi connectivity index (χ0v) is 9.90. The summed E-state index contributed by atoms with van der Waals surface area (Å²) in [6.07, 6.45) is 1.86. The molecule has 0 aliphatic carbocycles. The van der Waals surface area contributed by atoms with E-state index in [4.69, 9.17) is 0 Å². The van der Waals surface area contributed by atoms with Crippen molar-refractivity contribution in [2.24, 2.45) is 7.05 Å². The number of hydrogen-bond donors (Lipinski definition) is 3. The molecule has 1 aromatic rings. The van der Waals surface area contributed by atoms with E-state index in [0.717, 1.165) is 5.69 Å². The number of carbonyl (C=O) groups excluding carboxylic acids is 3. The number of amides is 3. The first-order chi connectivity index (χ1) is 8.58. The molecule has 2 heterocycles. The van der Waals surface area contributed by atoms with Crippen LogP contribution in [0.3, 0.4) is 0 Å². The fourth-order valence-electron chi connectivity index (χ4n) is 1.69. The zero-order chi connectivity index (χ0) is 13.1. The van der Waals surface area contributed by atoms with Gasteiger partial charge in [-0.25, -0.2) is 0 Å². The predicted octanol–water partition coefficient (Wildman–Crippen LogP) is -1.74. The smallest absolute Gasteiger partial charge is 0.252 e. The van der Waals surface area contributed by atoms with E-state index < -0.39 is 17.9 Å². The molecule has 2 rings (SSSR count). The Morgan fingerprint density at radius 1 is 1.56 bits per heavy atom. The summed E-state index contributed by atoms with van der Waals surface area (Å²) in [6.45, 7) is 0.225. The van der Waals surface area contributed by atoms with E-state index in [2.05, 4.69) is 16.0 Å². The Bertz CT molecular complexity index is 494. The number of carbonyl (C=O) groups is 3. The molecule has 1 atom stereocenters. The molecular formula is C11H14N4O3. The van der Waals surface area contributed by atoms with Crippen LogP contribution in [-0.4, -0.2) is 34.9 Å². The topological polar surface area (TPSA) is 92.2 Å². The van der Waals surface area contributed by atoms with Gasteiger partial charge in [0.2, 0.25) is 5.91 Å². The Labute approximate surface area is 104 Å². The second-order valence-electron chi connectivity index (χ2n) is 4.05. The molecule has 0 radical (unpaired) electrons. The van der Waals surface area contributed by atoms with Gasteiger partial charge in [-0.15, -0.1) is 0 Å². The van der Waals surface area contributed by atoms with Crippen molar-refractivity contribution in [1.82, 2.24) is 20.5 Å². The lowest BCUT2D eigenvalue weighted by atomic mass is 10.2. The first-order valence-corrected chi connectivity index (χ1v) is 5.53. The van der Waals surface area contributed by atoms with Crippen LogP contribution in [0, 0.1) is 0 Å². The SMILES string of the molecule is Cn1cccc1CNC(=O)[C@H]1NC(=O)CNC1=O. The van der Waals surface area contributed by atoms with Crippen molar-refractivity contribution in [3.63, 3.8) is 0 Å². The van der Waals surface area contributed by atoms with Crippen molar-refractivity contribution in [3.05, 3.63) is 24.0 Å². The predicted molar refractivity (Wildman–Crippen MR) is 62.2 cm³/mol. The van der Waals surface area contributed by atoms with Gasteiger partial charge in [-0.05, 0) is 12.1 Å². The summed E-state index contributed by atoms with van der Waals surface area (Å²) in [7, 11) is 1.86. The van der Waals surface area contributed by atoms with Crippen LogP contribution in [0.2, 0.25) is 0 Å². The lowest BCUT2D eigenvalue weighted by Gasteiger charge is -2.22. The second-order valence-corrected chi connectivity index (χ2v) is 4.05. The van der Waals surface area contributed by atoms with Crippen molar-refractivity contribution in [3.8, 4) is 0 Å². The average Bonchev–Trinajstić information content (AvgIpc) is 2.75. The molecule has 1 fully saturated rings. The van der Waals surface area contributed by atoms with Gasteiger partial charge in [0.25, 0.3) is 11.8 Å². The van der Waals surface area contributed by atoms with E-state index in [1.165, 1.54) is 0 Å². The van der Waals surface area contributed by atoms with Gasteiger partial charge in [0.1, 0.15) is 0 Å². The number of nitrogens with zero attached hydrogens (tertiary/aromatic N) is 1. The molecule has 3 N–H and O–H groups in total. The van der Waals surface area contributed by atoms with Gasteiger partial charge in [-0.1, -0.05) is 0 Å². The molecule has 1 aliphatic heterocycles. The molecule has 7 nitrogen and oxygen atoms in total. The molecule has 18 heavy (non-hydrogen) atoms. The van der Waals surface area contributed by atoms with Crippen LogP contribution in [0.5, 0.6) is 0 Å². The molecule has 1 aromatic heterocycles. The van der Waals surface area contributed by atoms with Gasteiger partial charge in [0, 0.05) is 18.9 Å². The number of aryl methyl sites for hydroxylation is 1. The molecule has 1 aliphatic rings. The van der Waals surface area contributed by atoms with E-state index in [1.807, 2.05) is 29.9 Å². The number of rotatable bonds is 3. The third-order valence-corrected chi connectivity index (χ3v) is 2.75. The highest BCUT2D eigenvalue weighted by Crippen LogP contribution is 1.99. The summed E-state index contributed by atoms with van der Waals surface area (Å²) in [6, 6.07) is 2.57. The van der Waals surface area contributed by atoms with E-state index in [9.17, 15) is 14.4 Å². The number of hydrogen-bond acceptors (Lipinski definition) is 3. The third kappa shape index (κ3) is 2.50. The summed E-state index contributed by atoms with van der Waals surface area (Å²) >= 11 is 0. The van der Waals surface area contributed by atoms with Gasteiger partial charge in [0.15, 0.2) is 6.04 Å². The van der Waals surface area contributed by atoms with Crippen LogP contribution in [0.4, 0.5) is 0 Å². The molecule has 3 amide bonds. The molecule has 1 saturated heterocycles. The van der Waals surface area contributed by atoms with Gasteiger partial charge < -0.3 is 20.5 Å². The van der Waals surface area contributed by atoms with Gasteiger partial charge in [-0.2, -0.15) is 0 Å². The Hall–Kier alpha value is -2.31. The minimum atomic E-state index is -1.15. The Morgan fingerprint density at radius 3 is 3.00 bits per heavy atom. The molecule has 0 saturated carbocycles. The first-order valence-electron chi connectivity index (χ1n) is 5.53. The molecule has 0 aromatic carbocycles. The second kappa shape index (κ2) is 4.91. The summed E-state index contributed by atoms with van der Waals surface area (Å²) < 4.78 is 1.86. The maximum atomic E-state index is 11.8. The molecule has 96 valence electrons. The van der Waals surface area contributed by atoms with E-state index in [1.54, 1.807) is 0 Å². The molecule has 0 bridgehead atoms. The van der Waals surface area contributed by atoms with Crippen LogP contribution in [0.15, 0.2) is 18.3 Å². The maximum absolute atomic E-state index is 11.8. The summed E-state index contributed by atoms with van der Waals surface area (Å²) in [5.74, 6) is -1.37. The Morgan fingerprint density at radius 2 is 2.33 bits per heavy atom. The van der Waals surface area contributed by atoms with Crippen LogP contribution in [0.25, 0.3) is 0 Å². The van der Waals surface area contributed by atoms with Crippen LogP contribution in [0.1, 0.15) is 5.69 Å². The molecule has 0 spiro atoms. The van der Waals surface area contributed by atoms with Crippen molar-refractivity contribution in [1.29, 1.82) is 0 Å². The average molecular weight is 250 g/mol. The maximum Gasteiger partial charge on any atom is 0.252 e. The minimum Gasteiger partial charge on any atom is -0.353 e. The van der Waals surface area contributed by atoms with Crippen molar-refractivity contribution < 1.29 is 14.4 Å². The third-order valence-electron chi connectivity index (χ3n) is 2.75. The van der Waals surface area contributed by atoms with E-state index in [0.29, 0.717) is 6.54 Å². The van der Waals surface area contributed by atoms with Crippen molar-refractivity contribution in [2.75, 3.05) is 6.54 Å². The Kier molecular flexibility index (Phi) is 3.31. The van der Waals surface area contributed by atoms with Crippen molar-refractivity contribution in [2.45, 2.75) is 12.6 Å². The summed E-state index contributed by atoms with van der Waals surface area (Å²) in [5.41, 5.74) is 0.908. The van der Waals surface area contributed by atoms with Crippen LogP contribution >= 0.6 is 0 Å². The van der Waals surface area contributed by atoms with Gasteiger partial charge >= 0.3 is 0 Å². The zero-order valence-electron chi connectivity index (χ0n) is 9.90. The molecular weight excluding hydrogens is 236 g/mol. The largest absolute Gasteiger partial charge is 0.353 e. The van der Waals surface area contributed by atoms with Crippen LogP contribution in [-0.2, 0) is 28.0 Å². The monoisotopic (exact) mass is 250 g/mol. The van der Waals surface area contributed by atoms with Crippen LogP contribution < -0.4 is 16.0 Å². The molecule has 0 unspecified atom stereocenters. The fraction of sp³-hybridized carbons (Fsp3) is 0.364. The lowest BCUT2D eigenvalue weighted by Crippen LogP contribution is -2.61. The minimum absolute atomic E-state index is 0.0829.